The Hall–Kier alpha value is -4.33. The minimum absolute atomic E-state index is 0.192. The lowest BCUT2D eigenvalue weighted by atomic mass is 10.0. The van der Waals surface area contributed by atoms with Gasteiger partial charge in [-0.25, -0.2) is 0 Å². The first-order valence-electron chi connectivity index (χ1n) is 13.6. The molecule has 4 aromatic carbocycles. The third-order valence-corrected chi connectivity index (χ3v) is 6.82. The zero-order chi connectivity index (χ0) is 27.7. The predicted molar refractivity (Wildman–Crippen MR) is 155 cm³/mol. The van der Waals surface area contributed by atoms with Crippen LogP contribution in [0.5, 0.6) is 17.2 Å². The van der Waals surface area contributed by atoms with Gasteiger partial charge in [0, 0.05) is 13.0 Å². The molecular weight excluding hydrogens is 504 g/mol. The van der Waals surface area contributed by atoms with Gasteiger partial charge in [0.25, 0.3) is 0 Å². The van der Waals surface area contributed by atoms with Gasteiger partial charge in [0.05, 0.1) is 30.6 Å². The van der Waals surface area contributed by atoms with E-state index in [4.69, 9.17) is 14.2 Å². The van der Waals surface area contributed by atoms with E-state index in [1.54, 1.807) is 0 Å². The molecule has 2 N–H and O–H groups in total. The number of carbonyl (C=O) groups excluding carboxylic acids is 1. The van der Waals surface area contributed by atoms with Gasteiger partial charge in [-0.1, -0.05) is 66.7 Å². The lowest BCUT2D eigenvalue weighted by Gasteiger charge is -2.32. The first kappa shape index (κ1) is 27.2. The van der Waals surface area contributed by atoms with Gasteiger partial charge >= 0.3 is 0 Å². The van der Waals surface area contributed by atoms with Gasteiger partial charge in [-0.2, -0.15) is 0 Å². The molecule has 0 radical (unpaired) electrons. The van der Waals surface area contributed by atoms with Gasteiger partial charge in [0.15, 0.2) is 11.5 Å². The fourth-order valence-corrected chi connectivity index (χ4v) is 4.83. The number of amides is 1. The number of fused-ring (bicyclic) bond motifs is 2. The number of anilines is 2. The lowest BCUT2D eigenvalue weighted by Crippen LogP contribution is -2.41. The normalized spacial score (nSPS) is 13.4. The maximum Gasteiger partial charge on any atom is 0.250 e. The average Bonchev–Trinajstić information content (AvgIpc) is 3.00. The molecule has 40 heavy (non-hydrogen) atoms. The highest BCUT2D eigenvalue weighted by Gasteiger charge is 2.24. The maximum atomic E-state index is 13.0. The van der Waals surface area contributed by atoms with Crippen LogP contribution in [-0.4, -0.2) is 43.5 Å². The molecule has 0 aromatic heterocycles. The molecule has 4 aromatic rings. The summed E-state index contributed by atoms with van der Waals surface area (Å²) in [6, 6.07) is 32.7. The molecule has 1 heterocycles. The van der Waals surface area contributed by atoms with Crippen molar-refractivity contribution in [2.75, 3.05) is 31.3 Å². The SMILES string of the molecule is CCOC(Cc1ccc(OCCN2c3ccccc3Oc3ccccc32)cc1)C(=O)N[C@H](CO)c1ccccc1. The predicted octanol–water partition coefficient (Wildman–Crippen LogP) is 5.81. The van der Waals surface area contributed by atoms with E-state index in [1.165, 1.54) is 0 Å². The molecule has 206 valence electrons. The summed E-state index contributed by atoms with van der Waals surface area (Å²) >= 11 is 0. The molecule has 2 atom stereocenters. The molecule has 0 saturated heterocycles. The van der Waals surface area contributed by atoms with Gasteiger partial charge in [-0.3, -0.25) is 4.79 Å². The second kappa shape index (κ2) is 13.2. The monoisotopic (exact) mass is 538 g/mol. The zero-order valence-electron chi connectivity index (χ0n) is 22.5. The van der Waals surface area contributed by atoms with E-state index in [0.29, 0.717) is 26.2 Å². The van der Waals surface area contributed by atoms with Crippen molar-refractivity contribution in [2.45, 2.75) is 25.5 Å². The summed E-state index contributed by atoms with van der Waals surface area (Å²) < 4.78 is 17.9. The van der Waals surface area contributed by atoms with Crippen molar-refractivity contribution in [1.29, 1.82) is 0 Å². The topological polar surface area (TPSA) is 80.3 Å². The van der Waals surface area contributed by atoms with Crippen LogP contribution in [0.4, 0.5) is 11.4 Å². The van der Waals surface area contributed by atoms with Crippen molar-refractivity contribution in [1.82, 2.24) is 5.32 Å². The van der Waals surface area contributed by atoms with Crippen LogP contribution < -0.4 is 19.7 Å². The van der Waals surface area contributed by atoms with Crippen LogP contribution in [-0.2, 0) is 16.0 Å². The number of hydrogen-bond donors (Lipinski definition) is 2. The van der Waals surface area contributed by atoms with E-state index in [-0.39, 0.29) is 12.5 Å². The Balaban J connectivity index is 1.18. The lowest BCUT2D eigenvalue weighted by molar-refractivity contribution is -0.133. The smallest absolute Gasteiger partial charge is 0.250 e. The van der Waals surface area contributed by atoms with Gasteiger partial charge < -0.3 is 29.5 Å². The van der Waals surface area contributed by atoms with Crippen LogP contribution in [0.1, 0.15) is 24.1 Å². The minimum Gasteiger partial charge on any atom is -0.492 e. The minimum atomic E-state index is -0.670. The van der Waals surface area contributed by atoms with E-state index in [9.17, 15) is 9.90 Å². The van der Waals surface area contributed by atoms with E-state index < -0.39 is 12.1 Å². The van der Waals surface area contributed by atoms with E-state index in [2.05, 4.69) is 10.2 Å². The molecule has 1 aliphatic rings. The first-order chi connectivity index (χ1) is 19.7. The number of aliphatic hydroxyl groups is 1. The largest absolute Gasteiger partial charge is 0.492 e. The molecule has 0 bridgehead atoms. The molecule has 1 amide bonds. The van der Waals surface area contributed by atoms with Crippen molar-refractivity contribution in [3.8, 4) is 17.2 Å². The molecule has 7 heteroatoms. The molecular formula is C33H34N2O5. The highest BCUT2D eigenvalue weighted by molar-refractivity contribution is 5.81. The Morgan fingerprint density at radius 3 is 2.12 bits per heavy atom. The summed E-state index contributed by atoms with van der Waals surface area (Å²) in [4.78, 5) is 15.2. The third kappa shape index (κ3) is 6.45. The summed E-state index contributed by atoms with van der Waals surface area (Å²) in [6.07, 6.45) is -0.259. The summed E-state index contributed by atoms with van der Waals surface area (Å²) in [5.41, 5.74) is 3.82. The number of ether oxygens (including phenoxy) is 3. The zero-order valence-corrected chi connectivity index (χ0v) is 22.5. The Labute approximate surface area is 234 Å². The fraction of sp³-hybridized carbons (Fsp3) is 0.242. The van der Waals surface area contributed by atoms with Crippen molar-refractivity contribution in [3.05, 3.63) is 114 Å². The van der Waals surface area contributed by atoms with Crippen LogP contribution >= 0.6 is 0 Å². The first-order valence-corrected chi connectivity index (χ1v) is 13.6. The highest BCUT2D eigenvalue weighted by Crippen LogP contribution is 2.45. The number of rotatable bonds is 12. The van der Waals surface area contributed by atoms with E-state index >= 15 is 0 Å². The number of nitrogens with zero attached hydrogens (tertiary/aromatic N) is 1. The van der Waals surface area contributed by atoms with Crippen LogP contribution in [0.25, 0.3) is 0 Å². The molecule has 7 nitrogen and oxygen atoms in total. The molecule has 0 fully saturated rings. The Bertz CT molecular complexity index is 1350. The van der Waals surface area contributed by atoms with E-state index in [0.717, 1.165) is 39.8 Å². The summed E-state index contributed by atoms with van der Waals surface area (Å²) in [5, 5.41) is 12.8. The van der Waals surface area contributed by atoms with Crippen LogP contribution in [0.2, 0.25) is 0 Å². The molecule has 1 aliphatic heterocycles. The Morgan fingerprint density at radius 2 is 1.50 bits per heavy atom. The van der Waals surface area contributed by atoms with E-state index in [1.807, 2.05) is 110 Å². The molecule has 0 spiro atoms. The molecule has 0 saturated carbocycles. The summed E-state index contributed by atoms with van der Waals surface area (Å²) in [5.74, 6) is 2.15. The quantitative estimate of drug-likeness (QED) is 0.237. The van der Waals surface area contributed by atoms with Gasteiger partial charge in [0.1, 0.15) is 18.5 Å². The Morgan fingerprint density at radius 1 is 0.875 bits per heavy atom. The van der Waals surface area contributed by atoms with Gasteiger partial charge in [0.2, 0.25) is 5.91 Å². The standard InChI is InChI=1S/C33H34N2O5/c1-2-38-32(33(37)34-27(23-36)25-10-4-3-5-11-25)22-24-16-18-26(19-17-24)39-21-20-35-28-12-6-8-14-30(28)40-31-15-9-7-13-29(31)35/h3-19,27,32,36H,2,20-23H2,1H3,(H,34,37)/t27-,32?/m1/s1. The second-order valence-electron chi connectivity index (χ2n) is 9.48. The molecule has 1 unspecified atom stereocenters. The van der Waals surface area contributed by atoms with Crippen molar-refractivity contribution in [3.63, 3.8) is 0 Å². The van der Waals surface area contributed by atoms with Crippen molar-refractivity contribution in [2.24, 2.45) is 0 Å². The number of benzene rings is 4. The fourth-order valence-electron chi connectivity index (χ4n) is 4.83. The van der Waals surface area contributed by atoms with Gasteiger partial charge in [-0.05, 0) is 54.4 Å². The summed E-state index contributed by atoms with van der Waals surface area (Å²) in [7, 11) is 0. The number of hydrogen-bond acceptors (Lipinski definition) is 6. The van der Waals surface area contributed by atoms with Crippen molar-refractivity contribution >= 4 is 17.3 Å². The van der Waals surface area contributed by atoms with Gasteiger partial charge in [-0.15, -0.1) is 0 Å². The Kier molecular flexibility index (Phi) is 8.96. The second-order valence-corrected chi connectivity index (χ2v) is 9.48. The number of aliphatic hydroxyl groups excluding tert-OH is 1. The number of carbonyl (C=O) groups is 1. The average molecular weight is 539 g/mol. The highest BCUT2D eigenvalue weighted by atomic mass is 16.5. The molecule has 5 rings (SSSR count). The van der Waals surface area contributed by atoms with Crippen LogP contribution in [0, 0.1) is 0 Å². The number of para-hydroxylation sites is 4. The van der Waals surface area contributed by atoms with Crippen LogP contribution in [0.15, 0.2) is 103 Å². The maximum absolute atomic E-state index is 13.0. The van der Waals surface area contributed by atoms with Crippen LogP contribution in [0.3, 0.4) is 0 Å². The summed E-state index contributed by atoms with van der Waals surface area (Å²) in [6.45, 7) is 3.21. The third-order valence-electron chi connectivity index (χ3n) is 6.82. The number of nitrogens with one attached hydrogen (secondary N) is 1. The van der Waals surface area contributed by atoms with Crippen molar-refractivity contribution < 1.29 is 24.1 Å². The molecule has 0 aliphatic carbocycles.